The summed E-state index contributed by atoms with van der Waals surface area (Å²) in [4.78, 5) is 4.02. The number of pyridine rings is 1. The summed E-state index contributed by atoms with van der Waals surface area (Å²) in [5, 5.41) is 10.4. The summed E-state index contributed by atoms with van der Waals surface area (Å²) in [7, 11) is 0. The van der Waals surface area contributed by atoms with Crippen LogP contribution in [0.25, 0.3) is 11.1 Å². The first-order valence-corrected chi connectivity index (χ1v) is 8.28. The lowest BCUT2D eigenvalue weighted by Gasteiger charge is -2.26. The molecule has 0 fully saturated rings. The van der Waals surface area contributed by atoms with Gasteiger partial charge >= 0.3 is 0 Å². The third-order valence-corrected chi connectivity index (χ3v) is 4.43. The molecule has 1 heterocycles. The van der Waals surface area contributed by atoms with E-state index in [1.807, 2.05) is 24.3 Å². The van der Waals surface area contributed by atoms with Gasteiger partial charge in [0.05, 0.1) is 0 Å². The fourth-order valence-corrected chi connectivity index (χ4v) is 2.87. The van der Waals surface area contributed by atoms with E-state index in [4.69, 9.17) is 0 Å². The molecule has 2 rings (SSSR count). The van der Waals surface area contributed by atoms with Crippen molar-refractivity contribution < 1.29 is 5.11 Å². The second kappa shape index (κ2) is 7.44. The molecule has 2 aromatic rings. The number of aromatic hydroxyl groups is 1. The Kier molecular flexibility index (Phi) is 5.59. The van der Waals surface area contributed by atoms with Gasteiger partial charge in [-0.05, 0) is 41.2 Å². The molecule has 1 aromatic carbocycles. The summed E-state index contributed by atoms with van der Waals surface area (Å²) in [6.07, 6.45) is 9.76. The fraction of sp³-hybridized carbons (Fsp3) is 0.450. The van der Waals surface area contributed by atoms with E-state index in [0.717, 1.165) is 17.5 Å². The lowest BCUT2D eigenvalue weighted by molar-refractivity contribution is 0.438. The standard InChI is InChI=1S/C20H27NO/c1-4-5-6-7-12-20(2,3)17-8-9-18(19(22)15-17)16-10-13-21-14-11-16/h8-11,13-15,22H,4-7,12H2,1-3H3. The number of phenolic OH excluding ortho intramolecular Hbond substituents is 1. The molecule has 1 N–H and O–H groups in total. The van der Waals surface area contributed by atoms with E-state index in [1.165, 1.54) is 31.2 Å². The average molecular weight is 297 g/mol. The van der Waals surface area contributed by atoms with Crippen LogP contribution in [0.1, 0.15) is 58.4 Å². The van der Waals surface area contributed by atoms with Crippen LogP contribution in [-0.4, -0.2) is 10.1 Å². The average Bonchev–Trinajstić information content (AvgIpc) is 2.52. The molecule has 0 radical (unpaired) electrons. The summed E-state index contributed by atoms with van der Waals surface area (Å²) in [6.45, 7) is 6.76. The second-order valence-corrected chi connectivity index (χ2v) is 6.66. The van der Waals surface area contributed by atoms with Gasteiger partial charge in [0, 0.05) is 18.0 Å². The van der Waals surface area contributed by atoms with Crippen molar-refractivity contribution in [2.45, 2.75) is 58.3 Å². The molecule has 0 unspecified atom stereocenters. The van der Waals surface area contributed by atoms with E-state index in [2.05, 4.69) is 31.8 Å². The molecule has 0 aliphatic carbocycles. The zero-order chi connectivity index (χ0) is 16.0. The smallest absolute Gasteiger partial charge is 0.123 e. The summed E-state index contributed by atoms with van der Waals surface area (Å²) in [6, 6.07) is 9.94. The molecule has 0 aliphatic rings. The van der Waals surface area contributed by atoms with Gasteiger partial charge in [-0.1, -0.05) is 58.6 Å². The fourth-order valence-electron chi connectivity index (χ4n) is 2.87. The molecule has 0 bridgehead atoms. The monoisotopic (exact) mass is 297 g/mol. The molecule has 0 atom stereocenters. The molecule has 1 aromatic heterocycles. The van der Waals surface area contributed by atoms with Gasteiger partial charge in [-0.3, -0.25) is 4.98 Å². The van der Waals surface area contributed by atoms with E-state index in [9.17, 15) is 5.11 Å². The Balaban J connectivity index is 2.14. The molecule has 0 amide bonds. The number of aromatic nitrogens is 1. The number of phenols is 1. The Morgan fingerprint density at radius 1 is 1.00 bits per heavy atom. The van der Waals surface area contributed by atoms with Crippen molar-refractivity contribution in [3.8, 4) is 16.9 Å². The highest BCUT2D eigenvalue weighted by Crippen LogP contribution is 2.36. The van der Waals surface area contributed by atoms with Crippen molar-refractivity contribution in [3.63, 3.8) is 0 Å². The highest BCUT2D eigenvalue weighted by molar-refractivity contribution is 5.70. The molecule has 22 heavy (non-hydrogen) atoms. The number of unbranched alkanes of at least 4 members (excludes halogenated alkanes) is 3. The van der Waals surface area contributed by atoms with E-state index in [0.29, 0.717) is 5.75 Å². The third kappa shape index (κ3) is 4.09. The minimum Gasteiger partial charge on any atom is -0.507 e. The van der Waals surface area contributed by atoms with Gasteiger partial charge in [-0.15, -0.1) is 0 Å². The molecule has 118 valence electrons. The van der Waals surface area contributed by atoms with Crippen LogP contribution in [0.5, 0.6) is 5.75 Å². The predicted molar refractivity (Wildman–Crippen MR) is 93.1 cm³/mol. The molecule has 2 nitrogen and oxygen atoms in total. The molecule has 0 spiro atoms. The van der Waals surface area contributed by atoms with Crippen molar-refractivity contribution in [2.75, 3.05) is 0 Å². The van der Waals surface area contributed by atoms with Gasteiger partial charge in [-0.25, -0.2) is 0 Å². The van der Waals surface area contributed by atoms with Crippen LogP contribution < -0.4 is 0 Å². The lowest BCUT2D eigenvalue weighted by atomic mass is 9.79. The number of hydrogen-bond acceptors (Lipinski definition) is 2. The predicted octanol–water partition coefficient (Wildman–Crippen LogP) is 5.70. The molecule has 0 aliphatic heterocycles. The summed E-state index contributed by atoms with van der Waals surface area (Å²) < 4.78 is 0. The summed E-state index contributed by atoms with van der Waals surface area (Å²) in [5.41, 5.74) is 3.18. The van der Waals surface area contributed by atoms with Crippen molar-refractivity contribution in [2.24, 2.45) is 0 Å². The van der Waals surface area contributed by atoms with E-state index >= 15 is 0 Å². The number of hydrogen-bond donors (Lipinski definition) is 1. The number of nitrogens with zero attached hydrogens (tertiary/aromatic N) is 1. The van der Waals surface area contributed by atoms with Gasteiger partial charge in [0.2, 0.25) is 0 Å². The van der Waals surface area contributed by atoms with Crippen LogP contribution in [-0.2, 0) is 5.41 Å². The maximum absolute atomic E-state index is 10.4. The second-order valence-electron chi connectivity index (χ2n) is 6.66. The molecule has 0 saturated carbocycles. The van der Waals surface area contributed by atoms with Gasteiger partial charge in [-0.2, -0.15) is 0 Å². The Morgan fingerprint density at radius 2 is 1.73 bits per heavy atom. The van der Waals surface area contributed by atoms with Gasteiger partial charge in [0.25, 0.3) is 0 Å². The minimum atomic E-state index is 0.0992. The van der Waals surface area contributed by atoms with Gasteiger partial charge in [0.15, 0.2) is 0 Å². The van der Waals surface area contributed by atoms with Crippen LogP contribution >= 0.6 is 0 Å². The molecular weight excluding hydrogens is 270 g/mol. The van der Waals surface area contributed by atoms with Crippen molar-refractivity contribution in [1.82, 2.24) is 4.98 Å². The van der Waals surface area contributed by atoms with Gasteiger partial charge < -0.3 is 5.11 Å². The van der Waals surface area contributed by atoms with Crippen molar-refractivity contribution in [1.29, 1.82) is 0 Å². The van der Waals surface area contributed by atoms with Crippen molar-refractivity contribution >= 4 is 0 Å². The Morgan fingerprint density at radius 3 is 2.36 bits per heavy atom. The summed E-state index contributed by atoms with van der Waals surface area (Å²) >= 11 is 0. The zero-order valence-corrected chi connectivity index (χ0v) is 14.0. The number of benzene rings is 1. The molecule has 2 heteroatoms. The minimum absolute atomic E-state index is 0.0992. The molecular formula is C20H27NO. The first-order valence-electron chi connectivity index (χ1n) is 8.28. The van der Waals surface area contributed by atoms with Crippen LogP contribution in [0.3, 0.4) is 0 Å². The lowest BCUT2D eigenvalue weighted by Crippen LogP contribution is -2.16. The van der Waals surface area contributed by atoms with Crippen LogP contribution in [0.2, 0.25) is 0 Å². The Labute approximate surface area is 134 Å². The maximum Gasteiger partial charge on any atom is 0.123 e. The van der Waals surface area contributed by atoms with E-state index in [-0.39, 0.29) is 5.41 Å². The first kappa shape index (κ1) is 16.5. The van der Waals surface area contributed by atoms with Crippen LogP contribution in [0, 0.1) is 0 Å². The highest BCUT2D eigenvalue weighted by atomic mass is 16.3. The van der Waals surface area contributed by atoms with Crippen LogP contribution in [0.4, 0.5) is 0 Å². The van der Waals surface area contributed by atoms with Gasteiger partial charge in [0.1, 0.15) is 5.75 Å². The quantitative estimate of drug-likeness (QED) is 0.665. The van der Waals surface area contributed by atoms with Crippen LogP contribution in [0.15, 0.2) is 42.7 Å². The third-order valence-electron chi connectivity index (χ3n) is 4.43. The molecule has 0 saturated heterocycles. The topological polar surface area (TPSA) is 33.1 Å². The highest BCUT2D eigenvalue weighted by Gasteiger charge is 2.21. The number of rotatable bonds is 7. The van der Waals surface area contributed by atoms with E-state index < -0.39 is 0 Å². The Hall–Kier alpha value is -1.83. The van der Waals surface area contributed by atoms with E-state index in [1.54, 1.807) is 12.4 Å². The summed E-state index contributed by atoms with van der Waals surface area (Å²) in [5.74, 6) is 0.352. The Bertz CT molecular complexity index is 590. The first-order chi connectivity index (χ1) is 10.5. The zero-order valence-electron chi connectivity index (χ0n) is 14.0. The largest absolute Gasteiger partial charge is 0.507 e. The maximum atomic E-state index is 10.4. The normalized spacial score (nSPS) is 11.6. The van der Waals surface area contributed by atoms with Crippen molar-refractivity contribution in [3.05, 3.63) is 48.3 Å². The SMILES string of the molecule is CCCCCCC(C)(C)c1ccc(-c2ccncc2)c(O)c1.